The Labute approximate surface area is 210 Å². The van der Waals surface area contributed by atoms with Gasteiger partial charge in [0.15, 0.2) is 0 Å². The zero-order valence-corrected chi connectivity index (χ0v) is 20.4. The Balaban J connectivity index is 1.49. The van der Waals surface area contributed by atoms with Crippen LogP contribution >= 0.6 is 0 Å². The minimum absolute atomic E-state index is 0.0216. The zero-order chi connectivity index (χ0) is 25.8. The summed E-state index contributed by atoms with van der Waals surface area (Å²) in [5.41, 5.74) is 2.80. The SMILES string of the molecule is CC(C)Oc1ccc(C(=O)N[C@@H](Cc2ccc(OCCCNc3ccccn3)cc2)C(=O)NO)cc1. The van der Waals surface area contributed by atoms with E-state index in [4.69, 9.17) is 14.7 Å². The highest BCUT2D eigenvalue weighted by Gasteiger charge is 2.22. The highest BCUT2D eigenvalue weighted by atomic mass is 16.5. The van der Waals surface area contributed by atoms with E-state index in [1.165, 1.54) is 0 Å². The monoisotopic (exact) mass is 492 g/mol. The number of amides is 2. The molecule has 4 N–H and O–H groups in total. The lowest BCUT2D eigenvalue weighted by atomic mass is 10.0. The lowest BCUT2D eigenvalue weighted by Crippen LogP contribution is -2.47. The number of carbonyl (C=O) groups is 2. The molecular formula is C27H32N4O5. The minimum Gasteiger partial charge on any atom is -0.494 e. The van der Waals surface area contributed by atoms with E-state index >= 15 is 0 Å². The van der Waals surface area contributed by atoms with Crippen LogP contribution in [-0.2, 0) is 11.2 Å². The largest absolute Gasteiger partial charge is 0.494 e. The van der Waals surface area contributed by atoms with Crippen LogP contribution in [-0.4, -0.2) is 47.3 Å². The number of ether oxygens (including phenoxy) is 2. The molecule has 1 atom stereocenters. The van der Waals surface area contributed by atoms with Gasteiger partial charge in [-0.25, -0.2) is 10.5 Å². The summed E-state index contributed by atoms with van der Waals surface area (Å²) < 4.78 is 11.4. The first kappa shape index (κ1) is 26.5. The van der Waals surface area contributed by atoms with Crippen molar-refractivity contribution in [3.05, 3.63) is 84.1 Å². The van der Waals surface area contributed by atoms with Crippen LogP contribution in [0.25, 0.3) is 0 Å². The second-order valence-electron chi connectivity index (χ2n) is 8.38. The third-order valence-electron chi connectivity index (χ3n) is 5.14. The van der Waals surface area contributed by atoms with E-state index in [0.29, 0.717) is 23.7 Å². The third-order valence-corrected chi connectivity index (χ3v) is 5.14. The molecule has 3 aromatic rings. The minimum atomic E-state index is -0.960. The van der Waals surface area contributed by atoms with Gasteiger partial charge in [-0.2, -0.15) is 0 Å². The Bertz CT molecular complexity index is 1090. The van der Waals surface area contributed by atoms with Gasteiger partial charge in [0.1, 0.15) is 23.4 Å². The van der Waals surface area contributed by atoms with Gasteiger partial charge in [-0.15, -0.1) is 0 Å². The maximum Gasteiger partial charge on any atom is 0.266 e. The molecule has 2 amide bonds. The molecule has 2 aromatic carbocycles. The molecule has 0 aliphatic rings. The van der Waals surface area contributed by atoms with Gasteiger partial charge in [0, 0.05) is 24.7 Å². The Kier molecular flexibility index (Phi) is 10.1. The van der Waals surface area contributed by atoms with Gasteiger partial charge in [0.05, 0.1) is 12.7 Å². The van der Waals surface area contributed by atoms with Crippen molar-refractivity contribution >= 4 is 17.6 Å². The molecule has 0 spiro atoms. The Hall–Kier alpha value is -4.11. The summed E-state index contributed by atoms with van der Waals surface area (Å²) >= 11 is 0. The van der Waals surface area contributed by atoms with Crippen molar-refractivity contribution in [1.29, 1.82) is 0 Å². The predicted octanol–water partition coefficient (Wildman–Crippen LogP) is 3.60. The van der Waals surface area contributed by atoms with Crippen molar-refractivity contribution < 1.29 is 24.3 Å². The summed E-state index contributed by atoms with van der Waals surface area (Å²) in [5, 5.41) is 15.0. The van der Waals surface area contributed by atoms with Crippen LogP contribution in [0.2, 0.25) is 0 Å². The fraction of sp³-hybridized carbons (Fsp3) is 0.296. The lowest BCUT2D eigenvalue weighted by molar-refractivity contribution is -0.131. The van der Waals surface area contributed by atoms with E-state index in [9.17, 15) is 9.59 Å². The van der Waals surface area contributed by atoms with Crippen LogP contribution in [0.1, 0.15) is 36.2 Å². The number of nitrogens with zero attached hydrogens (tertiary/aromatic N) is 1. The Morgan fingerprint density at radius 3 is 2.33 bits per heavy atom. The summed E-state index contributed by atoms with van der Waals surface area (Å²) in [5.74, 6) is 1.04. The number of hydrogen-bond acceptors (Lipinski definition) is 7. The molecule has 190 valence electrons. The standard InChI is InChI=1S/C27H32N4O5/c1-19(2)36-23-13-9-21(10-14-23)26(32)30-24(27(33)31-34)18-20-7-11-22(12-8-20)35-17-5-16-29-25-6-3-4-15-28-25/h3-4,6-15,19,24,34H,5,16-18H2,1-2H3,(H,28,29)(H,30,32)(H,31,33)/t24-/m0/s1. The van der Waals surface area contributed by atoms with E-state index in [0.717, 1.165) is 24.3 Å². The number of benzene rings is 2. The van der Waals surface area contributed by atoms with Crippen LogP contribution in [0.3, 0.4) is 0 Å². The van der Waals surface area contributed by atoms with E-state index in [1.807, 2.05) is 56.3 Å². The van der Waals surface area contributed by atoms with Gasteiger partial charge in [-0.1, -0.05) is 18.2 Å². The first-order chi connectivity index (χ1) is 17.4. The van der Waals surface area contributed by atoms with Crippen molar-refractivity contribution in [2.45, 2.75) is 38.8 Å². The Morgan fingerprint density at radius 2 is 1.69 bits per heavy atom. The fourth-order valence-corrected chi connectivity index (χ4v) is 3.39. The predicted molar refractivity (Wildman–Crippen MR) is 136 cm³/mol. The second kappa shape index (κ2) is 13.7. The number of carbonyl (C=O) groups excluding carboxylic acids is 2. The molecule has 0 bridgehead atoms. The van der Waals surface area contributed by atoms with Gasteiger partial charge in [0.2, 0.25) is 0 Å². The fourth-order valence-electron chi connectivity index (χ4n) is 3.39. The molecule has 0 aliphatic carbocycles. The van der Waals surface area contributed by atoms with Crippen LogP contribution < -0.4 is 25.6 Å². The van der Waals surface area contributed by atoms with Gasteiger partial charge in [0.25, 0.3) is 11.8 Å². The molecule has 0 aliphatic heterocycles. The van der Waals surface area contributed by atoms with Crippen LogP contribution in [0.4, 0.5) is 5.82 Å². The van der Waals surface area contributed by atoms with Crippen molar-refractivity contribution in [3.63, 3.8) is 0 Å². The number of hydroxylamine groups is 1. The molecule has 1 heterocycles. The maximum atomic E-state index is 12.7. The molecule has 9 heteroatoms. The zero-order valence-electron chi connectivity index (χ0n) is 20.4. The topological polar surface area (TPSA) is 122 Å². The van der Waals surface area contributed by atoms with Crippen molar-refractivity contribution in [3.8, 4) is 11.5 Å². The van der Waals surface area contributed by atoms with Crippen molar-refractivity contribution in [2.24, 2.45) is 0 Å². The third kappa shape index (κ3) is 8.59. The summed E-state index contributed by atoms with van der Waals surface area (Å²) in [4.78, 5) is 29.1. The molecule has 0 unspecified atom stereocenters. The molecule has 9 nitrogen and oxygen atoms in total. The smallest absolute Gasteiger partial charge is 0.266 e. The average Bonchev–Trinajstić information content (AvgIpc) is 2.89. The number of pyridine rings is 1. The first-order valence-corrected chi connectivity index (χ1v) is 11.8. The van der Waals surface area contributed by atoms with Gasteiger partial charge < -0.3 is 20.1 Å². The normalized spacial score (nSPS) is 11.4. The van der Waals surface area contributed by atoms with Gasteiger partial charge >= 0.3 is 0 Å². The number of anilines is 1. The highest BCUT2D eigenvalue weighted by molar-refractivity contribution is 5.97. The number of hydrogen-bond donors (Lipinski definition) is 4. The van der Waals surface area contributed by atoms with Gasteiger partial charge in [-0.05, 0) is 74.4 Å². The average molecular weight is 493 g/mol. The van der Waals surface area contributed by atoms with E-state index in [-0.39, 0.29) is 12.5 Å². The summed E-state index contributed by atoms with van der Waals surface area (Å²) in [6.07, 6.45) is 2.75. The molecular weight excluding hydrogens is 460 g/mol. The molecule has 0 radical (unpaired) electrons. The molecule has 0 saturated carbocycles. The molecule has 1 aromatic heterocycles. The van der Waals surface area contributed by atoms with Crippen molar-refractivity contribution in [2.75, 3.05) is 18.5 Å². The van der Waals surface area contributed by atoms with Crippen LogP contribution in [0.5, 0.6) is 11.5 Å². The van der Waals surface area contributed by atoms with E-state index in [1.54, 1.807) is 35.9 Å². The van der Waals surface area contributed by atoms with Crippen LogP contribution in [0, 0.1) is 0 Å². The van der Waals surface area contributed by atoms with E-state index < -0.39 is 17.9 Å². The lowest BCUT2D eigenvalue weighted by Gasteiger charge is -2.17. The number of rotatable bonds is 13. The summed E-state index contributed by atoms with van der Waals surface area (Å²) in [6.45, 7) is 5.10. The highest BCUT2D eigenvalue weighted by Crippen LogP contribution is 2.16. The molecule has 36 heavy (non-hydrogen) atoms. The summed E-state index contributed by atoms with van der Waals surface area (Å²) in [6, 6.07) is 18.6. The molecule has 3 rings (SSSR count). The number of nitrogens with one attached hydrogen (secondary N) is 3. The van der Waals surface area contributed by atoms with Crippen molar-refractivity contribution in [1.82, 2.24) is 15.8 Å². The quantitative estimate of drug-likeness (QED) is 0.163. The summed E-state index contributed by atoms with van der Waals surface area (Å²) in [7, 11) is 0. The molecule has 0 saturated heterocycles. The Morgan fingerprint density at radius 1 is 0.972 bits per heavy atom. The van der Waals surface area contributed by atoms with Crippen LogP contribution in [0.15, 0.2) is 72.9 Å². The van der Waals surface area contributed by atoms with Gasteiger partial charge in [-0.3, -0.25) is 14.8 Å². The molecule has 0 fully saturated rings. The van der Waals surface area contributed by atoms with E-state index in [2.05, 4.69) is 15.6 Å². The maximum absolute atomic E-state index is 12.7. The number of aromatic nitrogens is 1. The first-order valence-electron chi connectivity index (χ1n) is 11.8. The second-order valence-corrected chi connectivity index (χ2v) is 8.38.